The van der Waals surface area contributed by atoms with Crippen molar-refractivity contribution in [2.45, 2.75) is 11.3 Å². The van der Waals surface area contributed by atoms with Crippen molar-refractivity contribution in [2.24, 2.45) is 0 Å². The smallest absolute Gasteiger partial charge is 0.173 e. The Bertz CT molecular complexity index is 482. The van der Waals surface area contributed by atoms with E-state index >= 15 is 0 Å². The van der Waals surface area contributed by atoms with Crippen molar-refractivity contribution in [3.05, 3.63) is 41.7 Å². The third-order valence-corrected chi connectivity index (χ3v) is 3.86. The van der Waals surface area contributed by atoms with Gasteiger partial charge in [0.2, 0.25) is 0 Å². The van der Waals surface area contributed by atoms with Crippen LogP contribution >= 0.6 is 23.3 Å². The summed E-state index contributed by atoms with van der Waals surface area (Å²) in [7, 11) is 0. The zero-order chi connectivity index (χ0) is 11.4. The molecule has 2 aromatic rings. The number of rotatable bonds is 4. The molecule has 1 heterocycles. The van der Waals surface area contributed by atoms with Crippen LogP contribution in [0.5, 0.6) is 0 Å². The van der Waals surface area contributed by atoms with Gasteiger partial charge in [-0.2, -0.15) is 4.37 Å². The zero-order valence-corrected chi connectivity index (χ0v) is 10.3. The van der Waals surface area contributed by atoms with Crippen molar-refractivity contribution in [1.29, 1.82) is 0 Å². The molecule has 0 radical (unpaired) electrons. The second kappa shape index (κ2) is 5.23. The number of ketones is 1. The van der Waals surface area contributed by atoms with Gasteiger partial charge in [-0.25, -0.2) is 4.98 Å². The fourth-order valence-corrected chi connectivity index (χ4v) is 2.71. The normalized spacial score (nSPS) is 10.3. The Morgan fingerprint density at radius 1 is 1.38 bits per heavy atom. The molecule has 1 aromatic heterocycles. The van der Waals surface area contributed by atoms with Crippen LogP contribution in [0.1, 0.15) is 16.2 Å². The highest BCUT2D eigenvalue weighted by molar-refractivity contribution is 8.01. The molecule has 0 saturated heterocycles. The lowest BCUT2D eigenvalue weighted by atomic mass is 10.2. The second-order valence-electron chi connectivity index (χ2n) is 3.19. The molecule has 0 aliphatic carbocycles. The molecule has 0 aliphatic heterocycles. The molecule has 0 aliphatic rings. The highest BCUT2D eigenvalue weighted by Crippen LogP contribution is 2.20. The highest BCUT2D eigenvalue weighted by atomic mass is 32.2. The Morgan fingerprint density at radius 3 is 2.75 bits per heavy atom. The molecule has 0 atom stereocenters. The van der Waals surface area contributed by atoms with E-state index in [9.17, 15) is 4.79 Å². The van der Waals surface area contributed by atoms with Crippen LogP contribution in [0.3, 0.4) is 0 Å². The maximum absolute atomic E-state index is 11.8. The van der Waals surface area contributed by atoms with Gasteiger partial charge < -0.3 is 0 Å². The Hall–Kier alpha value is -1.20. The minimum absolute atomic E-state index is 0.124. The lowest BCUT2D eigenvalue weighted by Gasteiger charge is -1.97. The summed E-state index contributed by atoms with van der Waals surface area (Å²) < 4.78 is 4.91. The average molecular weight is 250 g/mol. The summed E-state index contributed by atoms with van der Waals surface area (Å²) in [5.41, 5.74) is 0.747. The molecule has 0 fully saturated rings. The van der Waals surface area contributed by atoms with Crippen LogP contribution in [0.25, 0.3) is 0 Å². The van der Waals surface area contributed by atoms with Crippen LogP contribution in [0.2, 0.25) is 0 Å². The minimum Gasteiger partial charge on any atom is -0.293 e. The predicted molar refractivity (Wildman–Crippen MR) is 66.1 cm³/mol. The summed E-state index contributed by atoms with van der Waals surface area (Å²) in [4.78, 5) is 16.0. The van der Waals surface area contributed by atoms with Crippen molar-refractivity contribution in [3.63, 3.8) is 0 Å². The molecule has 0 spiro atoms. The zero-order valence-electron chi connectivity index (χ0n) is 8.71. The van der Waals surface area contributed by atoms with E-state index in [0.717, 1.165) is 15.7 Å². The number of aromatic nitrogens is 2. The van der Waals surface area contributed by atoms with Crippen LogP contribution in [0.15, 0.2) is 34.7 Å². The number of hydrogen-bond donors (Lipinski definition) is 0. The van der Waals surface area contributed by atoms with Crippen LogP contribution < -0.4 is 0 Å². The van der Waals surface area contributed by atoms with Gasteiger partial charge in [0, 0.05) is 5.56 Å². The van der Waals surface area contributed by atoms with Crippen LogP contribution in [0.4, 0.5) is 0 Å². The molecule has 0 N–H and O–H groups in total. The maximum Gasteiger partial charge on any atom is 0.173 e. The molecule has 82 valence electrons. The molecule has 0 amide bonds. The van der Waals surface area contributed by atoms with Gasteiger partial charge in [-0.05, 0) is 18.5 Å². The topological polar surface area (TPSA) is 42.9 Å². The first-order chi connectivity index (χ1) is 7.75. The summed E-state index contributed by atoms with van der Waals surface area (Å²) in [5, 5.41) is 0. The van der Waals surface area contributed by atoms with Crippen LogP contribution in [-0.4, -0.2) is 20.9 Å². The van der Waals surface area contributed by atoms with E-state index in [4.69, 9.17) is 0 Å². The van der Waals surface area contributed by atoms with Gasteiger partial charge in [0.05, 0.1) is 5.75 Å². The molecular formula is C11H10N2OS2. The van der Waals surface area contributed by atoms with Crippen LogP contribution in [-0.2, 0) is 0 Å². The molecule has 16 heavy (non-hydrogen) atoms. The first-order valence-corrected chi connectivity index (χ1v) is 6.53. The number of carbonyl (C=O) groups is 1. The number of benzene rings is 1. The number of Topliss-reactive ketones (excluding diaryl/α,β-unsaturated/α-hetero) is 1. The SMILES string of the molecule is Cc1nsc(SCC(=O)c2ccccc2)n1. The van der Waals surface area contributed by atoms with E-state index in [0.29, 0.717) is 5.75 Å². The third-order valence-electron chi connectivity index (χ3n) is 1.93. The van der Waals surface area contributed by atoms with Gasteiger partial charge in [-0.1, -0.05) is 42.1 Å². The van der Waals surface area contributed by atoms with E-state index in [-0.39, 0.29) is 5.78 Å². The molecular weight excluding hydrogens is 240 g/mol. The van der Waals surface area contributed by atoms with E-state index in [1.807, 2.05) is 37.3 Å². The molecule has 0 unspecified atom stereocenters. The number of hydrogen-bond acceptors (Lipinski definition) is 5. The predicted octanol–water partition coefficient (Wildman–Crippen LogP) is 2.82. The van der Waals surface area contributed by atoms with E-state index < -0.39 is 0 Å². The third kappa shape index (κ3) is 2.90. The second-order valence-corrected chi connectivity index (χ2v) is 5.16. The summed E-state index contributed by atoms with van der Waals surface area (Å²) in [5.74, 6) is 1.30. The standard InChI is InChI=1S/C11H10N2OS2/c1-8-12-11(16-13-8)15-7-10(14)9-5-3-2-4-6-9/h2-6H,7H2,1H3. The summed E-state index contributed by atoms with van der Waals surface area (Å²) in [6.45, 7) is 1.85. The summed E-state index contributed by atoms with van der Waals surface area (Å²) >= 11 is 2.78. The molecule has 5 heteroatoms. The Morgan fingerprint density at radius 2 is 2.12 bits per heavy atom. The molecule has 3 nitrogen and oxygen atoms in total. The van der Waals surface area contributed by atoms with E-state index in [1.54, 1.807) is 0 Å². The van der Waals surface area contributed by atoms with Crippen molar-refractivity contribution in [3.8, 4) is 0 Å². The van der Waals surface area contributed by atoms with Gasteiger partial charge in [0.15, 0.2) is 10.1 Å². The van der Waals surface area contributed by atoms with Gasteiger partial charge in [-0.15, -0.1) is 0 Å². The van der Waals surface area contributed by atoms with Crippen molar-refractivity contribution in [1.82, 2.24) is 9.36 Å². The van der Waals surface area contributed by atoms with Crippen molar-refractivity contribution >= 4 is 29.1 Å². The van der Waals surface area contributed by atoms with Gasteiger partial charge in [0.25, 0.3) is 0 Å². The molecule has 0 saturated carbocycles. The largest absolute Gasteiger partial charge is 0.293 e. The lowest BCUT2D eigenvalue weighted by molar-refractivity contribution is 0.102. The van der Waals surface area contributed by atoms with Crippen LogP contribution in [0, 0.1) is 6.92 Å². The molecule has 1 aromatic carbocycles. The Kier molecular flexibility index (Phi) is 3.69. The highest BCUT2D eigenvalue weighted by Gasteiger charge is 2.08. The van der Waals surface area contributed by atoms with E-state index in [2.05, 4.69) is 9.36 Å². The maximum atomic E-state index is 11.8. The summed E-state index contributed by atoms with van der Waals surface area (Å²) in [6.07, 6.45) is 0. The minimum atomic E-state index is 0.124. The fraction of sp³-hybridized carbons (Fsp3) is 0.182. The number of carbonyl (C=O) groups excluding carboxylic acids is 1. The van der Waals surface area contributed by atoms with Gasteiger partial charge in [0.1, 0.15) is 5.82 Å². The average Bonchev–Trinajstić information content (AvgIpc) is 2.73. The number of aryl methyl sites for hydroxylation is 1. The van der Waals surface area contributed by atoms with E-state index in [1.165, 1.54) is 23.3 Å². The number of thioether (sulfide) groups is 1. The lowest BCUT2D eigenvalue weighted by Crippen LogP contribution is -2.01. The first-order valence-electron chi connectivity index (χ1n) is 4.77. The molecule has 2 rings (SSSR count). The number of nitrogens with zero attached hydrogens (tertiary/aromatic N) is 2. The Balaban J connectivity index is 1.94. The fourth-order valence-electron chi connectivity index (χ4n) is 1.17. The van der Waals surface area contributed by atoms with Gasteiger partial charge in [-0.3, -0.25) is 4.79 Å². The first kappa shape index (κ1) is 11.3. The molecule has 0 bridgehead atoms. The van der Waals surface area contributed by atoms with Crippen molar-refractivity contribution in [2.75, 3.05) is 5.75 Å². The van der Waals surface area contributed by atoms with Gasteiger partial charge >= 0.3 is 0 Å². The Labute approximate surface area is 102 Å². The monoisotopic (exact) mass is 250 g/mol. The van der Waals surface area contributed by atoms with Crippen molar-refractivity contribution < 1.29 is 4.79 Å². The summed E-state index contributed by atoms with van der Waals surface area (Å²) in [6, 6.07) is 9.29. The quantitative estimate of drug-likeness (QED) is 0.618.